The number of hydrazine groups is 1. The van der Waals surface area contributed by atoms with Gasteiger partial charge in [0.25, 0.3) is 0 Å². The van der Waals surface area contributed by atoms with Crippen LogP contribution in [0.4, 0.5) is 24.6 Å². The first-order valence-corrected chi connectivity index (χ1v) is 5.09. The van der Waals surface area contributed by atoms with Crippen LogP contribution < -0.4 is 5.01 Å². The van der Waals surface area contributed by atoms with Gasteiger partial charge in [-0.2, -0.15) is 9.37 Å². The molecule has 0 saturated heterocycles. The number of aromatic nitrogens is 2. The van der Waals surface area contributed by atoms with E-state index in [1.54, 1.807) is 0 Å². The van der Waals surface area contributed by atoms with Crippen molar-refractivity contribution in [3.63, 3.8) is 0 Å². The van der Waals surface area contributed by atoms with Gasteiger partial charge < -0.3 is 15.3 Å². The lowest BCUT2D eigenvalue weighted by atomic mass is 10.5. The third-order valence-electron chi connectivity index (χ3n) is 1.71. The maximum Gasteiger partial charge on any atom is 0.437 e. The second kappa shape index (κ2) is 5.71. The Morgan fingerprint density at radius 3 is 1.90 bits per heavy atom. The van der Waals surface area contributed by atoms with Crippen LogP contribution in [-0.4, -0.2) is 48.6 Å². The first-order chi connectivity index (χ1) is 9.16. The molecule has 1 rings (SSSR count). The smallest absolute Gasteiger partial charge is 0.437 e. The highest BCUT2D eigenvalue weighted by atomic mass is 35.5. The minimum Gasteiger partial charge on any atom is -0.463 e. The topological polar surface area (TPSA) is 144 Å². The van der Waals surface area contributed by atoms with Crippen molar-refractivity contribution in [1.82, 2.24) is 15.0 Å². The monoisotopic (exact) mass is 328 g/mol. The molecule has 3 N–H and O–H groups in total. The highest BCUT2D eigenvalue weighted by Crippen LogP contribution is 2.25. The second-order valence-electron chi connectivity index (χ2n) is 2.89. The number of rotatable bonds is 1. The first kappa shape index (κ1) is 15.7. The highest BCUT2D eigenvalue weighted by molar-refractivity contribution is 6.32. The maximum atomic E-state index is 13.6. The van der Waals surface area contributed by atoms with Gasteiger partial charge in [-0.3, -0.25) is 0 Å². The third kappa shape index (κ3) is 2.95. The molecule has 3 amide bonds. The van der Waals surface area contributed by atoms with Crippen LogP contribution in [0.25, 0.3) is 0 Å². The number of carbonyl (C=O) groups is 3. The number of carboxylic acid groups (broad SMARTS) is 3. The Morgan fingerprint density at radius 2 is 1.50 bits per heavy atom. The van der Waals surface area contributed by atoms with Crippen LogP contribution in [0.5, 0.6) is 0 Å². The molecule has 108 valence electrons. The molecule has 20 heavy (non-hydrogen) atoms. The zero-order valence-corrected chi connectivity index (χ0v) is 10.5. The molecule has 0 aliphatic rings. The number of anilines is 1. The fourth-order valence-electron chi connectivity index (χ4n) is 1.05. The van der Waals surface area contributed by atoms with Crippen LogP contribution in [0.15, 0.2) is 0 Å². The Hall–Kier alpha value is -2.40. The van der Waals surface area contributed by atoms with Crippen molar-refractivity contribution in [2.45, 2.75) is 0 Å². The summed E-state index contributed by atoms with van der Waals surface area (Å²) < 4.78 is 13.6. The number of imide groups is 1. The summed E-state index contributed by atoms with van der Waals surface area (Å²) in [5, 5.41) is 23.3. The second-order valence-corrected chi connectivity index (χ2v) is 3.59. The molecule has 10 nitrogen and oxygen atoms in total. The van der Waals surface area contributed by atoms with Gasteiger partial charge in [-0.25, -0.2) is 19.4 Å². The van der Waals surface area contributed by atoms with Gasteiger partial charge in [0.1, 0.15) is 0 Å². The molecule has 0 spiro atoms. The number of hydrogen-bond donors (Lipinski definition) is 3. The van der Waals surface area contributed by atoms with Crippen LogP contribution in [0.2, 0.25) is 10.4 Å². The Balaban J connectivity index is 3.53. The molecule has 0 fully saturated rings. The molecule has 1 heterocycles. The minimum atomic E-state index is -2.22. The van der Waals surface area contributed by atoms with Crippen molar-refractivity contribution in [3.8, 4) is 0 Å². The number of nitrogens with zero attached hydrogens (tertiary/aromatic N) is 4. The van der Waals surface area contributed by atoms with Gasteiger partial charge >= 0.3 is 18.3 Å². The molecule has 0 aromatic carbocycles. The van der Waals surface area contributed by atoms with Gasteiger partial charge in [0, 0.05) is 0 Å². The van der Waals surface area contributed by atoms with Crippen LogP contribution in [-0.2, 0) is 0 Å². The molecular formula is C7H3Cl2FN4O6. The van der Waals surface area contributed by atoms with Gasteiger partial charge in [0.15, 0.2) is 5.15 Å². The summed E-state index contributed by atoms with van der Waals surface area (Å²) in [6.07, 6.45) is -6.59. The van der Waals surface area contributed by atoms with Crippen molar-refractivity contribution < 1.29 is 34.1 Å². The molecule has 0 saturated carbocycles. The molecule has 0 bridgehead atoms. The van der Waals surface area contributed by atoms with E-state index in [0.717, 1.165) is 0 Å². The average molecular weight is 329 g/mol. The maximum absolute atomic E-state index is 13.6. The lowest BCUT2D eigenvalue weighted by Gasteiger charge is -2.25. The summed E-state index contributed by atoms with van der Waals surface area (Å²) in [7, 11) is 0. The van der Waals surface area contributed by atoms with Crippen molar-refractivity contribution in [1.29, 1.82) is 0 Å². The Bertz CT molecular complexity index is 585. The van der Waals surface area contributed by atoms with Gasteiger partial charge in [-0.15, -0.1) is 10.0 Å². The fraction of sp³-hybridized carbons (Fsp3) is 0. The van der Waals surface area contributed by atoms with Gasteiger partial charge in [-0.1, -0.05) is 11.6 Å². The fourth-order valence-corrected chi connectivity index (χ4v) is 1.42. The third-order valence-corrected chi connectivity index (χ3v) is 2.13. The highest BCUT2D eigenvalue weighted by Gasteiger charge is 2.37. The summed E-state index contributed by atoms with van der Waals surface area (Å²) in [5.41, 5.74) is 0. The summed E-state index contributed by atoms with van der Waals surface area (Å²) in [5.74, 6) is -2.82. The van der Waals surface area contributed by atoms with E-state index in [2.05, 4.69) is 9.97 Å². The molecule has 0 radical (unpaired) electrons. The summed E-state index contributed by atoms with van der Waals surface area (Å²) in [4.78, 5) is 38.7. The van der Waals surface area contributed by atoms with Crippen LogP contribution in [0.3, 0.4) is 0 Å². The quantitative estimate of drug-likeness (QED) is 0.403. The average Bonchev–Trinajstić information content (AvgIpc) is 2.29. The Kier molecular flexibility index (Phi) is 4.47. The standard InChI is InChI=1S/C7H3Cl2FN4O6/c8-2-1(10)3(12-4(9)11-2)13(5(15)16)14(6(17)18)7(19)20/h(H,15,16)(H,17,18)(H,19,20). The Morgan fingerprint density at radius 1 is 1.00 bits per heavy atom. The minimum absolute atomic E-state index is 0.501. The van der Waals surface area contributed by atoms with Crippen LogP contribution >= 0.6 is 23.2 Å². The zero-order chi connectivity index (χ0) is 15.6. The summed E-state index contributed by atoms with van der Waals surface area (Å²) >= 11 is 10.6. The van der Waals surface area contributed by atoms with Gasteiger partial charge in [0.2, 0.25) is 16.9 Å². The van der Waals surface area contributed by atoms with E-state index >= 15 is 0 Å². The van der Waals surface area contributed by atoms with Crippen LogP contribution in [0.1, 0.15) is 0 Å². The zero-order valence-electron chi connectivity index (χ0n) is 8.99. The Labute approximate surface area is 118 Å². The van der Waals surface area contributed by atoms with Crippen molar-refractivity contribution in [2.24, 2.45) is 0 Å². The van der Waals surface area contributed by atoms with E-state index in [1.165, 1.54) is 0 Å². The van der Waals surface area contributed by atoms with E-state index < -0.39 is 50.4 Å². The summed E-state index contributed by atoms with van der Waals surface area (Å²) in [6, 6.07) is 0. The lowest BCUT2D eigenvalue weighted by molar-refractivity contribution is 0.112. The van der Waals surface area contributed by atoms with Crippen molar-refractivity contribution >= 4 is 47.3 Å². The molecule has 0 unspecified atom stereocenters. The molecule has 1 aromatic rings. The number of amides is 3. The van der Waals surface area contributed by atoms with Crippen molar-refractivity contribution in [3.05, 3.63) is 16.3 Å². The normalized spacial score (nSPS) is 9.95. The predicted octanol–water partition coefficient (Wildman–Crippen LogP) is 1.98. The van der Waals surface area contributed by atoms with Gasteiger partial charge in [-0.05, 0) is 11.6 Å². The molecule has 1 aromatic heterocycles. The van der Waals surface area contributed by atoms with Gasteiger partial charge in [0.05, 0.1) is 0 Å². The molecule has 0 aliphatic carbocycles. The number of halogens is 3. The lowest BCUT2D eigenvalue weighted by Crippen LogP contribution is -2.52. The van der Waals surface area contributed by atoms with E-state index in [4.69, 9.17) is 38.5 Å². The van der Waals surface area contributed by atoms with Crippen LogP contribution in [0, 0.1) is 5.82 Å². The van der Waals surface area contributed by atoms with E-state index in [-0.39, 0.29) is 0 Å². The molecule has 0 aliphatic heterocycles. The first-order valence-electron chi connectivity index (χ1n) is 4.34. The van der Waals surface area contributed by atoms with E-state index in [1.807, 2.05) is 0 Å². The predicted molar refractivity (Wildman–Crippen MR) is 60.4 cm³/mol. The molecule has 13 heteroatoms. The SMILES string of the molecule is O=C(O)N(C(=O)O)N(C(=O)O)c1nc(Cl)nc(Cl)c1F. The largest absolute Gasteiger partial charge is 0.463 e. The number of hydrogen-bond acceptors (Lipinski definition) is 5. The van der Waals surface area contributed by atoms with E-state index in [0.29, 0.717) is 0 Å². The summed E-state index contributed by atoms with van der Waals surface area (Å²) in [6.45, 7) is 0. The van der Waals surface area contributed by atoms with Crippen molar-refractivity contribution in [2.75, 3.05) is 5.01 Å². The van der Waals surface area contributed by atoms with E-state index in [9.17, 15) is 18.8 Å². The molecule has 0 atom stereocenters. The molecular weight excluding hydrogens is 326 g/mol.